The van der Waals surface area contributed by atoms with Gasteiger partial charge < -0.3 is 20.1 Å². The zero-order valence-electron chi connectivity index (χ0n) is 16.1. The molecule has 0 aromatic heterocycles. The van der Waals surface area contributed by atoms with E-state index < -0.39 is 0 Å². The number of hydrogen-bond acceptors (Lipinski definition) is 4. The number of ether oxygens (including phenoxy) is 2. The lowest BCUT2D eigenvalue weighted by Gasteiger charge is -2.20. The fourth-order valence-corrected chi connectivity index (χ4v) is 2.72. The van der Waals surface area contributed by atoms with Crippen molar-refractivity contribution in [3.8, 4) is 11.5 Å². The highest BCUT2D eigenvalue weighted by atomic mass is 16.5. The Morgan fingerprint density at radius 1 is 1.35 bits per heavy atom. The van der Waals surface area contributed by atoms with Crippen LogP contribution < -0.4 is 20.1 Å². The van der Waals surface area contributed by atoms with Crippen molar-refractivity contribution in [2.24, 2.45) is 0 Å². The van der Waals surface area contributed by atoms with Crippen molar-refractivity contribution < 1.29 is 19.1 Å². The number of fused-ring (bicyclic) bond motifs is 1. The highest BCUT2D eigenvalue weighted by molar-refractivity contribution is 5.94. The lowest BCUT2D eigenvalue weighted by atomic mass is 10.1. The Kier molecular flexibility index (Phi) is 6.29. The van der Waals surface area contributed by atoms with E-state index >= 15 is 0 Å². The molecule has 2 amide bonds. The zero-order valence-corrected chi connectivity index (χ0v) is 16.1. The summed E-state index contributed by atoms with van der Waals surface area (Å²) in [5.41, 5.74) is 1.56. The molecular weight excluding hydrogens is 332 g/mol. The Hall–Kier alpha value is -2.50. The van der Waals surface area contributed by atoms with Crippen LogP contribution in [-0.4, -0.2) is 36.6 Å². The molecule has 1 aromatic rings. The summed E-state index contributed by atoms with van der Waals surface area (Å²) >= 11 is 0. The second-order valence-electron chi connectivity index (χ2n) is 7.41. The molecule has 6 heteroatoms. The van der Waals surface area contributed by atoms with Crippen LogP contribution in [0.1, 0.15) is 45.7 Å². The molecule has 2 rings (SSSR count). The number of nitrogens with one attached hydrogen (secondary N) is 2. The Morgan fingerprint density at radius 2 is 2.08 bits per heavy atom. The quantitative estimate of drug-likeness (QED) is 0.764. The number of amides is 2. The largest absolute Gasteiger partial charge is 0.493 e. The average Bonchev–Trinajstić information content (AvgIpc) is 2.88. The average molecular weight is 360 g/mol. The molecular formula is C20H28N2O4. The number of hydrogen-bond donors (Lipinski definition) is 2. The van der Waals surface area contributed by atoms with Gasteiger partial charge in [-0.15, -0.1) is 0 Å². The predicted molar refractivity (Wildman–Crippen MR) is 101 cm³/mol. The van der Waals surface area contributed by atoms with E-state index in [9.17, 15) is 9.59 Å². The summed E-state index contributed by atoms with van der Waals surface area (Å²) < 4.78 is 11.5. The monoisotopic (exact) mass is 360 g/mol. The zero-order chi connectivity index (χ0) is 19.3. The van der Waals surface area contributed by atoms with Crippen LogP contribution in [0.2, 0.25) is 0 Å². The normalized spacial score (nSPS) is 16.1. The highest BCUT2D eigenvalue weighted by Crippen LogP contribution is 2.35. The van der Waals surface area contributed by atoms with Gasteiger partial charge >= 0.3 is 0 Å². The first-order valence-electron chi connectivity index (χ1n) is 8.91. The standard InChI is InChI=1S/C20H28N2O4/c1-6-25-16-11-15-9-13(2)26-17(15)10-14(16)7-8-18(23)21-12-19(24)22-20(3,4)5/h7-8,10-11,13H,6,9,12H2,1-5H3,(H,21,23)(H,22,24)/b8-7+. The van der Waals surface area contributed by atoms with E-state index in [2.05, 4.69) is 10.6 Å². The Balaban J connectivity index is 2.01. The van der Waals surface area contributed by atoms with E-state index in [4.69, 9.17) is 9.47 Å². The number of benzene rings is 1. The molecule has 0 saturated carbocycles. The highest BCUT2D eigenvalue weighted by Gasteiger charge is 2.21. The third kappa shape index (κ3) is 5.79. The van der Waals surface area contributed by atoms with Crippen molar-refractivity contribution in [2.75, 3.05) is 13.2 Å². The molecule has 0 radical (unpaired) electrons. The van der Waals surface area contributed by atoms with Gasteiger partial charge in [0.15, 0.2) is 0 Å². The van der Waals surface area contributed by atoms with Gasteiger partial charge in [-0.25, -0.2) is 0 Å². The van der Waals surface area contributed by atoms with Crippen LogP contribution in [0.4, 0.5) is 0 Å². The Labute approximate surface area is 154 Å². The summed E-state index contributed by atoms with van der Waals surface area (Å²) in [5, 5.41) is 5.37. The fraction of sp³-hybridized carbons (Fsp3) is 0.500. The number of rotatable bonds is 6. The summed E-state index contributed by atoms with van der Waals surface area (Å²) in [6.07, 6.45) is 4.06. The molecule has 0 aliphatic carbocycles. The van der Waals surface area contributed by atoms with Crippen molar-refractivity contribution in [3.05, 3.63) is 29.3 Å². The first-order valence-corrected chi connectivity index (χ1v) is 8.91. The second-order valence-corrected chi connectivity index (χ2v) is 7.41. The number of carbonyl (C=O) groups excluding carboxylic acids is 2. The fourth-order valence-electron chi connectivity index (χ4n) is 2.72. The van der Waals surface area contributed by atoms with Gasteiger partial charge in [0.1, 0.15) is 17.6 Å². The van der Waals surface area contributed by atoms with Crippen LogP contribution in [0.25, 0.3) is 6.08 Å². The number of carbonyl (C=O) groups is 2. The molecule has 142 valence electrons. The van der Waals surface area contributed by atoms with Gasteiger partial charge in [-0.1, -0.05) is 0 Å². The SMILES string of the molecule is CCOc1cc2c(cc1/C=C/C(=O)NCC(=O)NC(C)(C)C)OC(C)C2. The van der Waals surface area contributed by atoms with E-state index in [0.717, 1.165) is 29.0 Å². The minimum atomic E-state index is -0.341. The summed E-state index contributed by atoms with van der Waals surface area (Å²) in [4.78, 5) is 23.7. The minimum Gasteiger partial charge on any atom is -0.493 e. The maximum absolute atomic E-state index is 12.0. The maximum Gasteiger partial charge on any atom is 0.244 e. The van der Waals surface area contributed by atoms with Crippen molar-refractivity contribution in [2.45, 2.75) is 52.7 Å². The topological polar surface area (TPSA) is 76.7 Å². The van der Waals surface area contributed by atoms with Gasteiger partial charge in [-0.2, -0.15) is 0 Å². The third-order valence-electron chi connectivity index (χ3n) is 3.68. The molecule has 1 heterocycles. The van der Waals surface area contributed by atoms with Gasteiger partial charge in [0.05, 0.1) is 13.2 Å². The minimum absolute atomic E-state index is 0.0659. The van der Waals surface area contributed by atoms with E-state index in [1.54, 1.807) is 6.08 Å². The molecule has 1 atom stereocenters. The Bertz CT molecular complexity index is 704. The van der Waals surface area contributed by atoms with Crippen LogP contribution >= 0.6 is 0 Å². The molecule has 26 heavy (non-hydrogen) atoms. The van der Waals surface area contributed by atoms with Crippen LogP contribution in [0.15, 0.2) is 18.2 Å². The van der Waals surface area contributed by atoms with Gasteiger partial charge in [0.2, 0.25) is 11.8 Å². The van der Waals surface area contributed by atoms with E-state index in [-0.39, 0.29) is 30.0 Å². The van der Waals surface area contributed by atoms with Crippen molar-refractivity contribution in [1.29, 1.82) is 0 Å². The molecule has 1 aromatic carbocycles. The smallest absolute Gasteiger partial charge is 0.244 e. The molecule has 1 unspecified atom stereocenters. The van der Waals surface area contributed by atoms with E-state index in [1.807, 2.05) is 46.8 Å². The third-order valence-corrected chi connectivity index (χ3v) is 3.68. The van der Waals surface area contributed by atoms with Crippen molar-refractivity contribution in [1.82, 2.24) is 10.6 Å². The Morgan fingerprint density at radius 3 is 2.73 bits per heavy atom. The van der Waals surface area contributed by atoms with E-state index in [1.165, 1.54) is 6.08 Å². The maximum atomic E-state index is 12.0. The van der Waals surface area contributed by atoms with Crippen LogP contribution in [0.5, 0.6) is 11.5 Å². The molecule has 0 bridgehead atoms. The first kappa shape index (κ1) is 19.8. The lowest BCUT2D eigenvalue weighted by molar-refractivity contribution is -0.124. The van der Waals surface area contributed by atoms with Gasteiger partial charge in [-0.3, -0.25) is 9.59 Å². The summed E-state index contributed by atoms with van der Waals surface area (Å²) in [6, 6.07) is 3.86. The first-order chi connectivity index (χ1) is 12.2. The van der Waals surface area contributed by atoms with Crippen molar-refractivity contribution >= 4 is 17.9 Å². The molecule has 0 saturated heterocycles. The lowest BCUT2D eigenvalue weighted by Crippen LogP contribution is -2.45. The second kappa shape index (κ2) is 8.25. The molecule has 1 aliphatic rings. The van der Waals surface area contributed by atoms with Crippen molar-refractivity contribution in [3.63, 3.8) is 0 Å². The summed E-state index contributed by atoms with van der Waals surface area (Å²) in [7, 11) is 0. The predicted octanol–water partition coefficient (Wildman–Crippen LogP) is 2.45. The van der Waals surface area contributed by atoms with Crippen LogP contribution in [0, 0.1) is 0 Å². The van der Waals surface area contributed by atoms with Gasteiger partial charge in [0.25, 0.3) is 0 Å². The molecule has 0 spiro atoms. The van der Waals surface area contributed by atoms with E-state index in [0.29, 0.717) is 6.61 Å². The van der Waals surface area contributed by atoms with Crippen LogP contribution in [0.3, 0.4) is 0 Å². The molecule has 1 aliphatic heterocycles. The molecule has 6 nitrogen and oxygen atoms in total. The summed E-state index contributed by atoms with van der Waals surface area (Å²) in [6.45, 7) is 10.1. The van der Waals surface area contributed by atoms with Gasteiger partial charge in [-0.05, 0) is 52.8 Å². The van der Waals surface area contributed by atoms with Gasteiger partial charge in [0, 0.05) is 29.2 Å². The van der Waals surface area contributed by atoms with Crippen LogP contribution in [-0.2, 0) is 16.0 Å². The molecule has 0 fully saturated rings. The molecule has 2 N–H and O–H groups in total. The summed E-state index contributed by atoms with van der Waals surface area (Å²) in [5.74, 6) is 0.976.